The number of nitrogens with zero attached hydrogens (tertiary/aromatic N) is 1. The Labute approximate surface area is 148 Å². The fraction of sp³-hybridized carbons (Fsp3) is 0.300. The number of anilines is 1. The maximum Gasteiger partial charge on any atom is 0.255 e. The lowest BCUT2D eigenvalue weighted by Crippen LogP contribution is -2.19. The molecule has 0 unspecified atom stereocenters. The predicted octanol–water partition coefficient (Wildman–Crippen LogP) is 2.89. The summed E-state index contributed by atoms with van der Waals surface area (Å²) < 4.78 is 0. The second-order valence-corrected chi connectivity index (χ2v) is 6.29. The fourth-order valence-electron chi connectivity index (χ4n) is 3.06. The SMILES string of the molecule is CNC(=O)c1ccc(NC(=O)c2cccc(CN3CCCC3)c2)cc1. The van der Waals surface area contributed by atoms with Gasteiger partial charge in [-0.2, -0.15) is 0 Å². The number of carbonyl (C=O) groups is 2. The first-order valence-electron chi connectivity index (χ1n) is 8.60. The highest BCUT2D eigenvalue weighted by atomic mass is 16.2. The minimum atomic E-state index is -0.146. The summed E-state index contributed by atoms with van der Waals surface area (Å²) in [5, 5.41) is 5.45. The molecule has 0 radical (unpaired) electrons. The summed E-state index contributed by atoms with van der Waals surface area (Å²) in [5.74, 6) is -0.288. The lowest BCUT2D eigenvalue weighted by Gasteiger charge is -2.15. The van der Waals surface area contributed by atoms with Gasteiger partial charge in [0.2, 0.25) is 0 Å². The standard InChI is InChI=1S/C20H23N3O2/c1-21-19(24)16-7-9-18(10-8-16)22-20(25)17-6-4-5-15(13-17)14-23-11-2-3-12-23/h4-10,13H,2-3,11-12,14H2,1H3,(H,21,24)(H,22,25). The van der Waals surface area contributed by atoms with E-state index in [1.807, 2.05) is 18.2 Å². The van der Waals surface area contributed by atoms with E-state index in [9.17, 15) is 9.59 Å². The Kier molecular flexibility index (Phi) is 5.46. The lowest BCUT2D eigenvalue weighted by molar-refractivity contribution is 0.0962. The van der Waals surface area contributed by atoms with Gasteiger partial charge < -0.3 is 10.6 Å². The molecule has 5 nitrogen and oxygen atoms in total. The molecule has 1 aliphatic heterocycles. The predicted molar refractivity (Wildman–Crippen MR) is 98.7 cm³/mol. The molecule has 0 atom stereocenters. The van der Waals surface area contributed by atoms with Crippen LogP contribution in [0.4, 0.5) is 5.69 Å². The summed E-state index contributed by atoms with van der Waals surface area (Å²) in [6.45, 7) is 3.16. The van der Waals surface area contributed by atoms with Gasteiger partial charge in [0.05, 0.1) is 0 Å². The van der Waals surface area contributed by atoms with Crippen LogP contribution in [0.1, 0.15) is 39.1 Å². The van der Waals surface area contributed by atoms with Crippen LogP contribution in [0.2, 0.25) is 0 Å². The van der Waals surface area contributed by atoms with Crippen molar-refractivity contribution < 1.29 is 9.59 Å². The van der Waals surface area contributed by atoms with Crippen molar-refractivity contribution >= 4 is 17.5 Å². The van der Waals surface area contributed by atoms with E-state index in [0.29, 0.717) is 16.8 Å². The normalized spacial score (nSPS) is 14.3. The first-order chi connectivity index (χ1) is 12.2. The van der Waals surface area contributed by atoms with E-state index in [1.165, 1.54) is 12.8 Å². The van der Waals surface area contributed by atoms with Gasteiger partial charge in [-0.25, -0.2) is 0 Å². The van der Waals surface area contributed by atoms with Gasteiger partial charge in [-0.05, 0) is 67.9 Å². The molecular formula is C20H23N3O2. The van der Waals surface area contributed by atoms with Gasteiger partial charge in [0.15, 0.2) is 0 Å². The van der Waals surface area contributed by atoms with Crippen molar-refractivity contribution in [2.45, 2.75) is 19.4 Å². The van der Waals surface area contributed by atoms with E-state index in [4.69, 9.17) is 0 Å². The smallest absolute Gasteiger partial charge is 0.255 e. The second kappa shape index (κ2) is 7.94. The van der Waals surface area contributed by atoms with Crippen molar-refractivity contribution in [2.75, 3.05) is 25.5 Å². The molecule has 2 aromatic carbocycles. The lowest BCUT2D eigenvalue weighted by atomic mass is 10.1. The summed E-state index contributed by atoms with van der Waals surface area (Å²) in [7, 11) is 1.59. The fourth-order valence-corrected chi connectivity index (χ4v) is 3.06. The maximum absolute atomic E-state index is 12.5. The molecule has 1 heterocycles. The third-order valence-electron chi connectivity index (χ3n) is 4.43. The quantitative estimate of drug-likeness (QED) is 0.882. The minimum absolute atomic E-state index is 0.143. The van der Waals surface area contributed by atoms with Crippen molar-refractivity contribution in [2.24, 2.45) is 0 Å². The van der Waals surface area contributed by atoms with Crippen LogP contribution in [0.25, 0.3) is 0 Å². The van der Waals surface area contributed by atoms with Crippen molar-refractivity contribution in [1.29, 1.82) is 0 Å². The van der Waals surface area contributed by atoms with Gasteiger partial charge in [0, 0.05) is 30.4 Å². The van der Waals surface area contributed by atoms with Gasteiger partial charge in [-0.3, -0.25) is 14.5 Å². The molecule has 25 heavy (non-hydrogen) atoms. The molecule has 0 aromatic heterocycles. The largest absolute Gasteiger partial charge is 0.355 e. The van der Waals surface area contributed by atoms with Gasteiger partial charge in [-0.15, -0.1) is 0 Å². The third-order valence-corrected chi connectivity index (χ3v) is 4.43. The number of hydrogen-bond acceptors (Lipinski definition) is 3. The molecule has 1 fully saturated rings. The molecule has 1 aliphatic rings. The summed E-state index contributed by atoms with van der Waals surface area (Å²) in [6.07, 6.45) is 2.51. The molecule has 2 aromatic rings. The van der Waals surface area contributed by atoms with Crippen molar-refractivity contribution in [3.05, 3.63) is 65.2 Å². The Bertz CT molecular complexity index is 750. The van der Waals surface area contributed by atoms with Crippen LogP contribution in [0.5, 0.6) is 0 Å². The number of nitrogens with one attached hydrogen (secondary N) is 2. The number of carbonyl (C=O) groups excluding carboxylic acids is 2. The molecule has 2 N–H and O–H groups in total. The van der Waals surface area contributed by atoms with Gasteiger partial charge in [0.1, 0.15) is 0 Å². The summed E-state index contributed by atoms with van der Waals surface area (Å²) in [5.41, 5.74) is 3.03. The zero-order chi connectivity index (χ0) is 17.6. The average molecular weight is 337 g/mol. The number of hydrogen-bond donors (Lipinski definition) is 2. The van der Waals surface area contributed by atoms with Crippen LogP contribution >= 0.6 is 0 Å². The molecule has 0 bridgehead atoms. The summed E-state index contributed by atoms with van der Waals surface area (Å²) in [6, 6.07) is 14.6. The van der Waals surface area contributed by atoms with E-state index >= 15 is 0 Å². The number of benzene rings is 2. The maximum atomic E-state index is 12.5. The second-order valence-electron chi connectivity index (χ2n) is 6.29. The number of amides is 2. The van der Waals surface area contributed by atoms with E-state index in [2.05, 4.69) is 21.6 Å². The first kappa shape index (κ1) is 17.2. The first-order valence-corrected chi connectivity index (χ1v) is 8.60. The highest BCUT2D eigenvalue weighted by molar-refractivity contribution is 6.04. The average Bonchev–Trinajstić information content (AvgIpc) is 3.15. The van der Waals surface area contributed by atoms with Crippen molar-refractivity contribution in [1.82, 2.24) is 10.2 Å². The zero-order valence-corrected chi connectivity index (χ0v) is 14.4. The number of rotatable bonds is 5. The Hall–Kier alpha value is -2.66. The highest BCUT2D eigenvalue weighted by Gasteiger charge is 2.13. The Morgan fingerprint density at radius 3 is 2.36 bits per heavy atom. The molecule has 0 saturated carbocycles. The van der Waals surface area contributed by atoms with Gasteiger partial charge in [0.25, 0.3) is 11.8 Å². The molecule has 130 valence electrons. The molecule has 0 aliphatic carbocycles. The Morgan fingerprint density at radius 1 is 0.960 bits per heavy atom. The van der Waals surface area contributed by atoms with E-state index in [0.717, 1.165) is 25.2 Å². The highest BCUT2D eigenvalue weighted by Crippen LogP contribution is 2.15. The molecule has 0 spiro atoms. The van der Waals surface area contributed by atoms with Crippen LogP contribution < -0.4 is 10.6 Å². The Morgan fingerprint density at radius 2 is 1.68 bits per heavy atom. The molecular weight excluding hydrogens is 314 g/mol. The monoisotopic (exact) mass is 337 g/mol. The third kappa shape index (κ3) is 4.45. The van der Waals surface area contributed by atoms with Gasteiger partial charge >= 0.3 is 0 Å². The van der Waals surface area contributed by atoms with Crippen LogP contribution in [0, 0.1) is 0 Å². The minimum Gasteiger partial charge on any atom is -0.355 e. The molecule has 2 amide bonds. The van der Waals surface area contributed by atoms with Crippen LogP contribution in [-0.4, -0.2) is 36.9 Å². The van der Waals surface area contributed by atoms with E-state index in [1.54, 1.807) is 31.3 Å². The number of likely N-dealkylation sites (tertiary alicyclic amines) is 1. The van der Waals surface area contributed by atoms with Crippen LogP contribution in [0.15, 0.2) is 48.5 Å². The molecule has 3 rings (SSSR count). The van der Waals surface area contributed by atoms with Gasteiger partial charge in [-0.1, -0.05) is 12.1 Å². The van der Waals surface area contributed by atoms with E-state index < -0.39 is 0 Å². The summed E-state index contributed by atoms with van der Waals surface area (Å²) in [4.78, 5) is 26.4. The van der Waals surface area contributed by atoms with Crippen molar-refractivity contribution in [3.63, 3.8) is 0 Å². The zero-order valence-electron chi connectivity index (χ0n) is 14.4. The molecule has 1 saturated heterocycles. The topological polar surface area (TPSA) is 61.4 Å². The summed E-state index contributed by atoms with van der Waals surface area (Å²) >= 11 is 0. The van der Waals surface area contributed by atoms with Crippen molar-refractivity contribution in [3.8, 4) is 0 Å². The van der Waals surface area contributed by atoms with Crippen LogP contribution in [0.3, 0.4) is 0 Å². The Balaban J connectivity index is 1.65. The molecule has 5 heteroatoms. The van der Waals surface area contributed by atoms with E-state index in [-0.39, 0.29) is 11.8 Å². The van der Waals surface area contributed by atoms with Crippen LogP contribution in [-0.2, 0) is 6.54 Å².